The van der Waals surface area contributed by atoms with E-state index in [1.807, 2.05) is 18.2 Å². The minimum Gasteiger partial charge on any atom is -0.497 e. The van der Waals surface area contributed by atoms with E-state index in [-0.39, 0.29) is 0 Å². The molecule has 0 spiro atoms. The van der Waals surface area contributed by atoms with E-state index in [0.717, 1.165) is 35.8 Å². The van der Waals surface area contributed by atoms with Crippen LogP contribution in [-0.4, -0.2) is 18.6 Å². The predicted octanol–water partition coefficient (Wildman–Crippen LogP) is 3.64. The van der Waals surface area contributed by atoms with Gasteiger partial charge in [0.2, 0.25) is 0 Å². The fourth-order valence-electron chi connectivity index (χ4n) is 2.25. The number of nitrogens with zero attached hydrogens (tertiary/aromatic N) is 1. The lowest BCUT2D eigenvalue weighted by atomic mass is 10.1. The maximum Gasteiger partial charge on any atom is 0.119 e. The third-order valence-corrected chi connectivity index (χ3v) is 4.38. The lowest BCUT2D eigenvalue weighted by molar-refractivity contribution is 0.414. The van der Waals surface area contributed by atoms with Crippen LogP contribution in [0.3, 0.4) is 0 Å². The van der Waals surface area contributed by atoms with Gasteiger partial charge in [-0.25, -0.2) is 4.98 Å². The van der Waals surface area contributed by atoms with Crippen molar-refractivity contribution in [1.82, 2.24) is 10.3 Å². The maximum atomic E-state index is 5.24. The van der Waals surface area contributed by atoms with Crippen molar-refractivity contribution in [1.29, 1.82) is 0 Å². The van der Waals surface area contributed by atoms with Crippen molar-refractivity contribution in [3.05, 3.63) is 59.1 Å². The van der Waals surface area contributed by atoms with Crippen LogP contribution in [0.1, 0.15) is 10.6 Å². The molecule has 1 aromatic heterocycles. The molecule has 0 amide bonds. The summed E-state index contributed by atoms with van der Waals surface area (Å²) in [6.07, 6.45) is 0.988. The Bertz CT molecular complexity index is 690. The summed E-state index contributed by atoms with van der Waals surface area (Å²) in [7, 11) is 1.70. The first-order chi connectivity index (χ1) is 10.3. The van der Waals surface area contributed by atoms with Gasteiger partial charge in [-0.1, -0.05) is 24.3 Å². The molecule has 21 heavy (non-hydrogen) atoms. The summed E-state index contributed by atoms with van der Waals surface area (Å²) < 4.78 is 6.49. The van der Waals surface area contributed by atoms with Gasteiger partial charge in [0.1, 0.15) is 10.8 Å². The van der Waals surface area contributed by atoms with E-state index in [0.29, 0.717) is 0 Å². The zero-order chi connectivity index (χ0) is 14.5. The molecule has 3 rings (SSSR count). The van der Waals surface area contributed by atoms with Gasteiger partial charge in [-0.2, -0.15) is 0 Å². The van der Waals surface area contributed by atoms with Gasteiger partial charge in [0, 0.05) is 6.54 Å². The van der Waals surface area contributed by atoms with Crippen LogP contribution in [0.25, 0.3) is 10.2 Å². The monoisotopic (exact) mass is 298 g/mol. The SMILES string of the molecule is COc1cccc(CCNCc2nc3ccccc3s2)c1. The number of hydrogen-bond donors (Lipinski definition) is 1. The number of ether oxygens (including phenoxy) is 1. The van der Waals surface area contributed by atoms with E-state index in [2.05, 4.69) is 40.6 Å². The third kappa shape index (κ3) is 3.60. The maximum absolute atomic E-state index is 5.24. The summed E-state index contributed by atoms with van der Waals surface area (Å²) in [6.45, 7) is 1.76. The highest BCUT2D eigenvalue weighted by molar-refractivity contribution is 7.18. The van der Waals surface area contributed by atoms with E-state index in [9.17, 15) is 0 Å². The smallest absolute Gasteiger partial charge is 0.119 e. The fourth-order valence-corrected chi connectivity index (χ4v) is 3.19. The summed E-state index contributed by atoms with van der Waals surface area (Å²) >= 11 is 1.76. The number of hydrogen-bond acceptors (Lipinski definition) is 4. The second-order valence-electron chi connectivity index (χ2n) is 4.85. The molecule has 3 aromatic rings. The average molecular weight is 298 g/mol. The molecular weight excluding hydrogens is 280 g/mol. The van der Waals surface area contributed by atoms with Gasteiger partial charge >= 0.3 is 0 Å². The molecule has 108 valence electrons. The summed E-state index contributed by atoms with van der Waals surface area (Å²) in [6, 6.07) is 16.5. The number of rotatable bonds is 6. The highest BCUT2D eigenvalue weighted by atomic mass is 32.1. The number of methoxy groups -OCH3 is 1. The van der Waals surface area contributed by atoms with Gasteiger partial charge in [0.05, 0.1) is 17.3 Å². The highest BCUT2D eigenvalue weighted by Crippen LogP contribution is 2.21. The van der Waals surface area contributed by atoms with Crippen molar-refractivity contribution in [2.75, 3.05) is 13.7 Å². The van der Waals surface area contributed by atoms with Crippen LogP contribution in [0.4, 0.5) is 0 Å². The largest absolute Gasteiger partial charge is 0.497 e. The fraction of sp³-hybridized carbons (Fsp3) is 0.235. The van der Waals surface area contributed by atoms with E-state index in [4.69, 9.17) is 4.74 Å². The van der Waals surface area contributed by atoms with E-state index in [1.165, 1.54) is 10.3 Å². The number of benzene rings is 2. The highest BCUT2D eigenvalue weighted by Gasteiger charge is 2.02. The number of aromatic nitrogens is 1. The Labute approximate surface area is 128 Å². The van der Waals surface area contributed by atoms with E-state index >= 15 is 0 Å². The normalized spacial score (nSPS) is 10.9. The van der Waals surface area contributed by atoms with Gasteiger partial charge in [-0.05, 0) is 42.8 Å². The van der Waals surface area contributed by atoms with Crippen molar-refractivity contribution in [3.63, 3.8) is 0 Å². The molecule has 0 unspecified atom stereocenters. The molecule has 0 saturated carbocycles. The van der Waals surface area contributed by atoms with Crippen LogP contribution in [0.15, 0.2) is 48.5 Å². The molecule has 0 aliphatic heterocycles. The van der Waals surface area contributed by atoms with Crippen LogP contribution < -0.4 is 10.1 Å². The first-order valence-corrected chi connectivity index (χ1v) is 7.85. The Morgan fingerprint density at radius 1 is 1.14 bits per heavy atom. The van der Waals surface area contributed by atoms with Crippen LogP contribution in [0.5, 0.6) is 5.75 Å². The standard InChI is InChI=1S/C17H18N2OS/c1-20-14-6-4-5-13(11-14)9-10-18-12-17-19-15-7-2-3-8-16(15)21-17/h2-8,11,18H,9-10,12H2,1H3. The van der Waals surface area contributed by atoms with Crippen LogP contribution in [-0.2, 0) is 13.0 Å². The molecule has 0 bridgehead atoms. The summed E-state index contributed by atoms with van der Waals surface area (Å²) in [5.74, 6) is 0.915. The van der Waals surface area contributed by atoms with Gasteiger partial charge in [-0.3, -0.25) is 0 Å². The zero-order valence-electron chi connectivity index (χ0n) is 12.0. The number of thiazole rings is 1. The Morgan fingerprint density at radius 3 is 2.90 bits per heavy atom. The molecule has 0 atom stereocenters. The van der Waals surface area contributed by atoms with Gasteiger partial charge < -0.3 is 10.1 Å². The Hall–Kier alpha value is -1.91. The van der Waals surface area contributed by atoms with Crippen molar-refractivity contribution in [2.24, 2.45) is 0 Å². The molecule has 0 saturated heterocycles. The first-order valence-electron chi connectivity index (χ1n) is 7.03. The molecule has 3 nitrogen and oxygen atoms in total. The first kappa shape index (κ1) is 14.0. The molecule has 1 heterocycles. The quantitative estimate of drug-likeness (QED) is 0.706. The van der Waals surface area contributed by atoms with E-state index < -0.39 is 0 Å². The average Bonchev–Trinajstić information content (AvgIpc) is 2.94. The number of nitrogens with one attached hydrogen (secondary N) is 1. The Morgan fingerprint density at radius 2 is 2.05 bits per heavy atom. The molecule has 0 fully saturated rings. The molecule has 1 N–H and O–H groups in total. The number of para-hydroxylation sites is 1. The minimum absolute atomic E-state index is 0.823. The van der Waals surface area contributed by atoms with Crippen LogP contribution in [0, 0.1) is 0 Å². The van der Waals surface area contributed by atoms with Gasteiger partial charge in [0.25, 0.3) is 0 Å². The number of fused-ring (bicyclic) bond motifs is 1. The van der Waals surface area contributed by atoms with Crippen molar-refractivity contribution < 1.29 is 4.74 Å². The van der Waals surface area contributed by atoms with Gasteiger partial charge in [0.15, 0.2) is 0 Å². The second kappa shape index (κ2) is 6.70. The molecule has 0 radical (unpaired) electrons. The van der Waals surface area contributed by atoms with Crippen molar-refractivity contribution >= 4 is 21.6 Å². The summed E-state index contributed by atoms with van der Waals surface area (Å²) in [5, 5.41) is 4.60. The summed E-state index contributed by atoms with van der Waals surface area (Å²) in [4.78, 5) is 4.62. The molecular formula is C17H18N2OS. The predicted molar refractivity (Wildman–Crippen MR) is 88.0 cm³/mol. The summed E-state index contributed by atoms with van der Waals surface area (Å²) in [5.41, 5.74) is 2.37. The van der Waals surface area contributed by atoms with Crippen molar-refractivity contribution in [3.8, 4) is 5.75 Å². The van der Waals surface area contributed by atoms with E-state index in [1.54, 1.807) is 18.4 Å². The molecule has 4 heteroatoms. The van der Waals surface area contributed by atoms with Crippen molar-refractivity contribution in [2.45, 2.75) is 13.0 Å². The molecule has 0 aliphatic rings. The minimum atomic E-state index is 0.823. The second-order valence-corrected chi connectivity index (χ2v) is 5.97. The van der Waals surface area contributed by atoms with Gasteiger partial charge in [-0.15, -0.1) is 11.3 Å². The topological polar surface area (TPSA) is 34.1 Å². The lowest BCUT2D eigenvalue weighted by Crippen LogP contribution is -2.16. The Kier molecular flexibility index (Phi) is 4.48. The van der Waals surface area contributed by atoms with Crippen LogP contribution in [0.2, 0.25) is 0 Å². The zero-order valence-corrected chi connectivity index (χ0v) is 12.8. The third-order valence-electron chi connectivity index (χ3n) is 3.34. The Balaban J connectivity index is 1.51. The molecule has 2 aromatic carbocycles. The molecule has 0 aliphatic carbocycles. The lowest BCUT2D eigenvalue weighted by Gasteiger charge is -2.05. The van der Waals surface area contributed by atoms with Crippen LogP contribution >= 0.6 is 11.3 Å².